The number of benzene rings is 1. The number of amides is 4. The fraction of sp³-hybridized carbons (Fsp3) is 0.591. The van der Waals surface area contributed by atoms with Gasteiger partial charge in [0.05, 0.1) is 0 Å². The van der Waals surface area contributed by atoms with Crippen molar-refractivity contribution in [3.8, 4) is 0 Å². The van der Waals surface area contributed by atoms with Gasteiger partial charge in [0.1, 0.15) is 0 Å². The first kappa shape index (κ1) is 22.1. The number of aryl methyl sites for hydroxylation is 1. The predicted octanol–water partition coefficient (Wildman–Crippen LogP) is 1.58. The van der Waals surface area contributed by atoms with E-state index in [1.165, 1.54) is 9.80 Å². The van der Waals surface area contributed by atoms with Crippen LogP contribution in [0.2, 0.25) is 0 Å². The van der Waals surface area contributed by atoms with Gasteiger partial charge in [0, 0.05) is 36.8 Å². The van der Waals surface area contributed by atoms with Crippen molar-refractivity contribution in [1.82, 2.24) is 20.4 Å². The van der Waals surface area contributed by atoms with Gasteiger partial charge in [-0.1, -0.05) is 17.7 Å². The first-order chi connectivity index (χ1) is 14.3. The molecule has 0 radical (unpaired) electrons. The first-order valence-electron chi connectivity index (χ1n) is 10.8. The molecule has 1 aliphatic carbocycles. The predicted molar refractivity (Wildman–Crippen MR) is 115 cm³/mol. The Morgan fingerprint density at radius 1 is 1.00 bits per heavy atom. The SMILES string of the molecule is Cc1ccc(C(=O)N2CCN(C(=O)NC(C)C)C2C(=O)NC2CCC(N)CC2)cc1. The maximum absolute atomic E-state index is 13.2. The molecule has 3 rings (SSSR count). The van der Waals surface area contributed by atoms with Gasteiger partial charge in [0.15, 0.2) is 6.17 Å². The summed E-state index contributed by atoms with van der Waals surface area (Å²) < 4.78 is 0. The minimum Gasteiger partial charge on any atom is -0.350 e. The van der Waals surface area contributed by atoms with Crippen molar-refractivity contribution >= 4 is 17.8 Å². The van der Waals surface area contributed by atoms with Crippen molar-refractivity contribution in [1.29, 1.82) is 0 Å². The number of hydrogen-bond donors (Lipinski definition) is 3. The van der Waals surface area contributed by atoms with Crippen LogP contribution in [0.3, 0.4) is 0 Å². The maximum Gasteiger partial charge on any atom is 0.319 e. The molecular formula is C22H33N5O3. The summed E-state index contributed by atoms with van der Waals surface area (Å²) in [6.45, 7) is 6.30. The van der Waals surface area contributed by atoms with E-state index in [0.717, 1.165) is 31.2 Å². The van der Waals surface area contributed by atoms with Crippen LogP contribution in [0.1, 0.15) is 55.5 Å². The molecule has 0 aromatic heterocycles. The molecule has 164 valence electrons. The molecule has 1 aliphatic heterocycles. The van der Waals surface area contributed by atoms with Crippen LogP contribution in [0.15, 0.2) is 24.3 Å². The fourth-order valence-electron chi connectivity index (χ4n) is 4.07. The Morgan fingerprint density at radius 3 is 2.20 bits per heavy atom. The zero-order chi connectivity index (χ0) is 21.8. The van der Waals surface area contributed by atoms with E-state index in [2.05, 4.69) is 10.6 Å². The Balaban J connectivity index is 1.80. The summed E-state index contributed by atoms with van der Waals surface area (Å²) >= 11 is 0. The minimum absolute atomic E-state index is 0.0178. The highest BCUT2D eigenvalue weighted by atomic mass is 16.2. The minimum atomic E-state index is -0.965. The van der Waals surface area contributed by atoms with Gasteiger partial charge in [0.25, 0.3) is 11.8 Å². The molecule has 2 fully saturated rings. The summed E-state index contributed by atoms with van der Waals surface area (Å²) in [5.41, 5.74) is 7.53. The fourth-order valence-corrected chi connectivity index (χ4v) is 4.07. The van der Waals surface area contributed by atoms with Crippen molar-refractivity contribution in [2.75, 3.05) is 13.1 Å². The number of hydrogen-bond acceptors (Lipinski definition) is 4. The Labute approximate surface area is 178 Å². The van der Waals surface area contributed by atoms with Crippen molar-refractivity contribution in [3.05, 3.63) is 35.4 Å². The molecule has 4 N–H and O–H groups in total. The summed E-state index contributed by atoms with van der Waals surface area (Å²) in [5.74, 6) is -0.562. The van der Waals surface area contributed by atoms with E-state index in [1.54, 1.807) is 12.1 Å². The van der Waals surface area contributed by atoms with Crippen LogP contribution < -0.4 is 16.4 Å². The van der Waals surface area contributed by atoms with Gasteiger partial charge in [-0.2, -0.15) is 0 Å². The van der Waals surface area contributed by atoms with Crippen molar-refractivity contribution < 1.29 is 14.4 Å². The van der Waals surface area contributed by atoms with E-state index in [4.69, 9.17) is 5.73 Å². The summed E-state index contributed by atoms with van der Waals surface area (Å²) in [7, 11) is 0. The van der Waals surface area contributed by atoms with Crippen molar-refractivity contribution in [2.24, 2.45) is 5.73 Å². The van der Waals surface area contributed by atoms with Crippen LogP contribution in [-0.4, -0.2) is 65.0 Å². The van der Waals surface area contributed by atoms with Crippen LogP contribution in [0.5, 0.6) is 0 Å². The first-order valence-corrected chi connectivity index (χ1v) is 10.8. The standard InChI is InChI=1S/C22H33N5O3/c1-14(2)24-22(30)27-13-12-26(21(29)16-6-4-15(3)5-7-16)20(27)19(28)25-18-10-8-17(23)9-11-18/h4-7,14,17-18,20H,8-13,23H2,1-3H3,(H,24,30)(H,25,28). The molecule has 1 aromatic carbocycles. The van der Waals surface area contributed by atoms with Gasteiger partial charge in [0.2, 0.25) is 0 Å². The summed E-state index contributed by atoms with van der Waals surface area (Å²) in [6.07, 6.45) is 2.37. The van der Waals surface area contributed by atoms with Gasteiger partial charge >= 0.3 is 6.03 Å². The quantitative estimate of drug-likeness (QED) is 0.694. The molecule has 30 heavy (non-hydrogen) atoms. The Hall–Kier alpha value is -2.61. The number of nitrogens with two attached hydrogens (primary N) is 1. The zero-order valence-electron chi connectivity index (χ0n) is 18.1. The third-order valence-electron chi connectivity index (χ3n) is 5.76. The van der Waals surface area contributed by atoms with E-state index in [0.29, 0.717) is 18.7 Å². The molecule has 1 saturated carbocycles. The molecule has 1 aromatic rings. The lowest BCUT2D eigenvalue weighted by molar-refractivity contribution is -0.129. The average Bonchev–Trinajstić information content (AvgIpc) is 3.15. The lowest BCUT2D eigenvalue weighted by Crippen LogP contribution is -2.58. The second kappa shape index (κ2) is 9.47. The van der Waals surface area contributed by atoms with Gasteiger partial charge in [-0.15, -0.1) is 0 Å². The highest BCUT2D eigenvalue weighted by Crippen LogP contribution is 2.22. The molecule has 1 saturated heterocycles. The number of urea groups is 1. The highest BCUT2D eigenvalue weighted by molar-refractivity contribution is 5.99. The van der Waals surface area contributed by atoms with Gasteiger partial charge in [-0.3, -0.25) is 14.5 Å². The van der Waals surface area contributed by atoms with Crippen LogP contribution in [0.4, 0.5) is 4.79 Å². The lowest BCUT2D eigenvalue weighted by Gasteiger charge is -2.33. The largest absolute Gasteiger partial charge is 0.350 e. The summed E-state index contributed by atoms with van der Waals surface area (Å²) in [4.78, 5) is 42.1. The molecule has 1 atom stereocenters. The van der Waals surface area contributed by atoms with Gasteiger partial charge in [-0.25, -0.2) is 4.79 Å². The Bertz CT molecular complexity index is 771. The smallest absolute Gasteiger partial charge is 0.319 e. The maximum atomic E-state index is 13.2. The van der Waals surface area contributed by atoms with Crippen LogP contribution in [0.25, 0.3) is 0 Å². The second-order valence-corrected chi connectivity index (χ2v) is 8.66. The number of nitrogens with one attached hydrogen (secondary N) is 2. The summed E-state index contributed by atoms with van der Waals surface area (Å²) in [5, 5.41) is 5.89. The highest BCUT2D eigenvalue weighted by Gasteiger charge is 2.43. The molecule has 0 spiro atoms. The zero-order valence-corrected chi connectivity index (χ0v) is 18.1. The molecule has 2 aliphatic rings. The normalized spacial score (nSPS) is 24.1. The van der Waals surface area contributed by atoms with Gasteiger partial charge in [-0.05, 0) is 58.6 Å². The average molecular weight is 416 g/mol. The molecule has 4 amide bonds. The van der Waals surface area contributed by atoms with E-state index >= 15 is 0 Å². The van der Waals surface area contributed by atoms with Crippen LogP contribution in [0, 0.1) is 6.92 Å². The second-order valence-electron chi connectivity index (χ2n) is 8.66. The van der Waals surface area contributed by atoms with E-state index < -0.39 is 6.17 Å². The lowest BCUT2D eigenvalue weighted by atomic mass is 9.92. The van der Waals surface area contributed by atoms with Crippen molar-refractivity contribution in [3.63, 3.8) is 0 Å². The van der Waals surface area contributed by atoms with E-state index in [-0.39, 0.29) is 36.0 Å². The number of rotatable bonds is 4. The van der Waals surface area contributed by atoms with E-state index in [9.17, 15) is 14.4 Å². The topological polar surface area (TPSA) is 108 Å². The number of nitrogens with zero attached hydrogens (tertiary/aromatic N) is 2. The monoisotopic (exact) mass is 415 g/mol. The number of carbonyl (C=O) groups is 3. The molecular weight excluding hydrogens is 382 g/mol. The molecule has 0 bridgehead atoms. The van der Waals surface area contributed by atoms with Crippen molar-refractivity contribution in [2.45, 2.75) is 70.7 Å². The van der Waals surface area contributed by atoms with Crippen LogP contribution in [-0.2, 0) is 4.79 Å². The molecule has 1 unspecified atom stereocenters. The van der Waals surface area contributed by atoms with E-state index in [1.807, 2.05) is 32.9 Å². The Kier molecular flexibility index (Phi) is 6.97. The third kappa shape index (κ3) is 5.11. The van der Waals surface area contributed by atoms with Gasteiger partial charge < -0.3 is 21.3 Å². The Morgan fingerprint density at radius 2 is 1.60 bits per heavy atom. The molecule has 1 heterocycles. The molecule has 8 nitrogen and oxygen atoms in total. The number of carbonyl (C=O) groups excluding carboxylic acids is 3. The third-order valence-corrected chi connectivity index (χ3v) is 5.76. The summed E-state index contributed by atoms with van der Waals surface area (Å²) in [6, 6.07) is 7.04. The molecule has 8 heteroatoms. The van der Waals surface area contributed by atoms with Crippen LogP contribution >= 0.6 is 0 Å².